The van der Waals surface area contributed by atoms with Gasteiger partial charge in [-0.2, -0.15) is 0 Å². The first kappa shape index (κ1) is 19.5. The summed E-state index contributed by atoms with van der Waals surface area (Å²) in [6.45, 7) is 0. The third-order valence-electron chi connectivity index (χ3n) is 4.48. The molecular formula is C21H19ClN4O2. The Morgan fingerprint density at radius 2 is 1.75 bits per heavy atom. The highest BCUT2D eigenvalue weighted by atomic mass is 35.5. The molecule has 1 amide bonds. The first-order valence-corrected chi connectivity index (χ1v) is 8.58. The van der Waals surface area contributed by atoms with Gasteiger partial charge in [-0.1, -0.05) is 47.6 Å². The largest absolute Gasteiger partial charge is 0.364 e. The number of carbonyl (C=O) groups excluding carboxylic acids is 1. The number of hydrogen-bond acceptors (Lipinski definition) is 5. The van der Waals surface area contributed by atoms with Gasteiger partial charge in [-0.05, 0) is 29.8 Å². The highest BCUT2D eigenvalue weighted by Crippen LogP contribution is 2.33. The van der Waals surface area contributed by atoms with Crippen molar-refractivity contribution in [2.45, 2.75) is 12.5 Å². The van der Waals surface area contributed by atoms with Crippen molar-refractivity contribution in [3.8, 4) is 11.3 Å². The Labute approximate surface area is 168 Å². The SMILES string of the molecule is Cl.NC(=O)c1cccc(C[C@H](N)c2ccccc2-c2noc3ccccc23)n1. The van der Waals surface area contributed by atoms with Crippen molar-refractivity contribution in [2.24, 2.45) is 11.5 Å². The van der Waals surface area contributed by atoms with E-state index in [0.717, 1.165) is 27.8 Å². The summed E-state index contributed by atoms with van der Waals surface area (Å²) in [7, 11) is 0. The number of nitrogens with zero attached hydrogens (tertiary/aromatic N) is 2. The topological polar surface area (TPSA) is 108 Å². The number of hydrogen-bond donors (Lipinski definition) is 2. The highest BCUT2D eigenvalue weighted by molar-refractivity contribution is 5.92. The Hall–Kier alpha value is -3.22. The summed E-state index contributed by atoms with van der Waals surface area (Å²) in [5.41, 5.74) is 16.1. The third-order valence-corrected chi connectivity index (χ3v) is 4.48. The van der Waals surface area contributed by atoms with Gasteiger partial charge in [-0.25, -0.2) is 4.98 Å². The van der Waals surface area contributed by atoms with Crippen LogP contribution >= 0.6 is 12.4 Å². The van der Waals surface area contributed by atoms with Crippen LogP contribution in [0.1, 0.15) is 27.8 Å². The molecular weight excluding hydrogens is 376 g/mol. The molecule has 0 saturated heterocycles. The van der Waals surface area contributed by atoms with Gasteiger partial charge in [0.15, 0.2) is 5.58 Å². The molecule has 7 heteroatoms. The van der Waals surface area contributed by atoms with Crippen LogP contribution < -0.4 is 11.5 Å². The average Bonchev–Trinajstić information content (AvgIpc) is 3.12. The van der Waals surface area contributed by atoms with E-state index in [4.69, 9.17) is 16.0 Å². The molecule has 4 N–H and O–H groups in total. The summed E-state index contributed by atoms with van der Waals surface area (Å²) in [6.07, 6.45) is 0.466. The Morgan fingerprint density at radius 3 is 2.57 bits per heavy atom. The van der Waals surface area contributed by atoms with Crippen LogP contribution in [0.25, 0.3) is 22.2 Å². The number of benzene rings is 2. The molecule has 0 fully saturated rings. The van der Waals surface area contributed by atoms with E-state index in [1.165, 1.54) is 0 Å². The zero-order valence-electron chi connectivity index (χ0n) is 14.9. The molecule has 4 aromatic rings. The van der Waals surface area contributed by atoms with Crippen molar-refractivity contribution in [3.63, 3.8) is 0 Å². The molecule has 0 unspecified atom stereocenters. The molecule has 6 nitrogen and oxygen atoms in total. The summed E-state index contributed by atoms with van der Waals surface area (Å²) < 4.78 is 5.44. The fourth-order valence-electron chi connectivity index (χ4n) is 3.18. The van der Waals surface area contributed by atoms with Gasteiger partial charge in [0.25, 0.3) is 5.91 Å². The third kappa shape index (κ3) is 3.74. The van der Waals surface area contributed by atoms with Crippen LogP contribution in [0.5, 0.6) is 0 Å². The quantitative estimate of drug-likeness (QED) is 0.537. The minimum absolute atomic E-state index is 0. The summed E-state index contributed by atoms with van der Waals surface area (Å²) in [4.78, 5) is 15.6. The Morgan fingerprint density at radius 1 is 1.00 bits per heavy atom. The van der Waals surface area contributed by atoms with Gasteiger partial charge >= 0.3 is 0 Å². The van der Waals surface area contributed by atoms with E-state index in [2.05, 4.69) is 10.1 Å². The van der Waals surface area contributed by atoms with Crippen LogP contribution in [0.2, 0.25) is 0 Å². The Bertz CT molecular complexity index is 1130. The second-order valence-corrected chi connectivity index (χ2v) is 6.30. The second-order valence-electron chi connectivity index (χ2n) is 6.30. The number of pyridine rings is 1. The van der Waals surface area contributed by atoms with Crippen molar-refractivity contribution in [1.82, 2.24) is 10.1 Å². The van der Waals surface area contributed by atoms with Crippen molar-refractivity contribution in [2.75, 3.05) is 0 Å². The van der Waals surface area contributed by atoms with Gasteiger partial charge in [0.2, 0.25) is 0 Å². The Kier molecular flexibility index (Phi) is 5.73. The molecule has 0 spiro atoms. The number of aromatic nitrogens is 2. The van der Waals surface area contributed by atoms with Crippen molar-refractivity contribution >= 4 is 29.3 Å². The molecule has 4 rings (SSSR count). The predicted octanol–water partition coefficient (Wildman–Crippen LogP) is 3.65. The monoisotopic (exact) mass is 394 g/mol. The summed E-state index contributed by atoms with van der Waals surface area (Å²) in [5.74, 6) is -0.556. The lowest BCUT2D eigenvalue weighted by Crippen LogP contribution is -2.18. The molecule has 0 bridgehead atoms. The van der Waals surface area contributed by atoms with Crippen LogP contribution in [0.15, 0.2) is 71.3 Å². The van der Waals surface area contributed by atoms with Crippen molar-refractivity contribution in [1.29, 1.82) is 0 Å². The van der Waals surface area contributed by atoms with Crippen LogP contribution in [0.3, 0.4) is 0 Å². The maximum Gasteiger partial charge on any atom is 0.267 e. The lowest BCUT2D eigenvalue weighted by Gasteiger charge is -2.15. The zero-order valence-corrected chi connectivity index (χ0v) is 15.7. The van der Waals surface area contributed by atoms with Gasteiger partial charge in [0.05, 0.1) is 0 Å². The number of para-hydroxylation sites is 1. The normalized spacial score (nSPS) is 11.8. The van der Waals surface area contributed by atoms with Gasteiger partial charge in [-0.15, -0.1) is 12.4 Å². The first-order valence-electron chi connectivity index (χ1n) is 8.58. The van der Waals surface area contributed by atoms with Crippen molar-refractivity contribution in [3.05, 3.63) is 83.7 Å². The summed E-state index contributed by atoms with van der Waals surface area (Å²) in [5, 5.41) is 5.18. The number of amides is 1. The summed E-state index contributed by atoms with van der Waals surface area (Å²) >= 11 is 0. The first-order chi connectivity index (χ1) is 13.1. The van der Waals surface area contributed by atoms with Crippen LogP contribution in [0.4, 0.5) is 0 Å². The van der Waals surface area contributed by atoms with E-state index in [1.54, 1.807) is 12.1 Å². The molecule has 28 heavy (non-hydrogen) atoms. The number of primary amides is 1. The smallest absolute Gasteiger partial charge is 0.267 e. The predicted molar refractivity (Wildman–Crippen MR) is 110 cm³/mol. The Balaban J connectivity index is 0.00000225. The number of halogens is 1. The van der Waals surface area contributed by atoms with E-state index < -0.39 is 5.91 Å². The van der Waals surface area contributed by atoms with E-state index in [0.29, 0.717) is 12.1 Å². The molecule has 142 valence electrons. The van der Waals surface area contributed by atoms with Crippen LogP contribution in [0, 0.1) is 0 Å². The molecule has 2 aromatic carbocycles. The molecule has 1 atom stereocenters. The zero-order chi connectivity index (χ0) is 18.8. The highest BCUT2D eigenvalue weighted by Gasteiger charge is 2.18. The number of nitrogens with two attached hydrogens (primary N) is 2. The van der Waals surface area contributed by atoms with Gasteiger partial charge in [-0.3, -0.25) is 4.79 Å². The van der Waals surface area contributed by atoms with E-state index >= 15 is 0 Å². The molecule has 2 heterocycles. The molecule has 0 aliphatic carbocycles. The van der Waals surface area contributed by atoms with Crippen LogP contribution in [-0.4, -0.2) is 16.0 Å². The second kappa shape index (κ2) is 8.21. The van der Waals surface area contributed by atoms with Gasteiger partial charge in [0, 0.05) is 29.1 Å². The standard InChI is InChI=1S/C21H18N4O2.ClH/c22-17(12-13-6-5-10-18(24-13)21(23)26)14-7-1-2-8-15(14)20-16-9-3-4-11-19(16)27-25-20;/h1-11,17H,12,22H2,(H2,23,26);1H/t17-;/m0./s1. The number of rotatable bonds is 5. The molecule has 2 aromatic heterocycles. The fraction of sp³-hybridized carbons (Fsp3) is 0.0952. The van der Waals surface area contributed by atoms with E-state index in [9.17, 15) is 4.79 Å². The summed E-state index contributed by atoms with van der Waals surface area (Å²) in [6, 6.07) is 20.4. The maximum atomic E-state index is 11.4. The molecule has 0 radical (unpaired) electrons. The molecule has 0 aliphatic rings. The van der Waals surface area contributed by atoms with Crippen LogP contribution in [-0.2, 0) is 6.42 Å². The average molecular weight is 395 g/mol. The van der Waals surface area contributed by atoms with E-state index in [1.807, 2.05) is 54.6 Å². The van der Waals surface area contributed by atoms with E-state index in [-0.39, 0.29) is 24.1 Å². The lowest BCUT2D eigenvalue weighted by molar-refractivity contribution is 0.0995. The van der Waals surface area contributed by atoms with Gasteiger partial charge < -0.3 is 16.0 Å². The molecule has 0 aliphatic heterocycles. The van der Waals surface area contributed by atoms with Gasteiger partial charge in [0.1, 0.15) is 11.4 Å². The fourth-order valence-corrected chi connectivity index (χ4v) is 3.18. The minimum Gasteiger partial charge on any atom is -0.364 e. The minimum atomic E-state index is -0.556. The lowest BCUT2D eigenvalue weighted by atomic mass is 9.94. The number of carbonyl (C=O) groups is 1. The number of fused-ring (bicyclic) bond motifs is 1. The molecule has 0 saturated carbocycles. The van der Waals surface area contributed by atoms with Crippen molar-refractivity contribution < 1.29 is 9.32 Å². The maximum absolute atomic E-state index is 11.4.